The first kappa shape index (κ1) is 12.1. The number of hydrogen-bond acceptors (Lipinski definition) is 3. The molecule has 0 saturated carbocycles. The Morgan fingerprint density at radius 1 is 1.69 bits per heavy atom. The van der Waals surface area contributed by atoms with Crippen molar-refractivity contribution < 1.29 is 9.18 Å². The molecule has 0 saturated heterocycles. The number of carbonyl (C=O) groups is 1. The van der Waals surface area contributed by atoms with Crippen LogP contribution in [0.2, 0.25) is 0 Å². The van der Waals surface area contributed by atoms with Crippen molar-refractivity contribution in [3.63, 3.8) is 0 Å². The number of aromatic nitrogens is 1. The highest BCUT2D eigenvalue weighted by atomic mass is 19.1. The molecule has 84 valence electrons. The zero-order valence-corrected chi connectivity index (χ0v) is 8.98. The van der Waals surface area contributed by atoms with Crippen molar-refractivity contribution in [2.24, 2.45) is 0 Å². The predicted octanol–water partition coefficient (Wildman–Crippen LogP) is 1.60. The van der Waals surface area contributed by atoms with Crippen molar-refractivity contribution in [1.82, 2.24) is 9.88 Å². The number of nitriles is 1. The summed E-state index contributed by atoms with van der Waals surface area (Å²) in [5, 5.41) is 8.44. The number of carbonyl (C=O) groups excluding carboxylic acids is 1. The topological polar surface area (TPSA) is 57.0 Å². The van der Waals surface area contributed by atoms with Crippen molar-refractivity contribution in [3.05, 3.63) is 29.8 Å². The van der Waals surface area contributed by atoms with E-state index in [1.807, 2.05) is 6.07 Å². The molecular formula is C11H12FN3O. The number of hydrogen-bond donors (Lipinski definition) is 0. The van der Waals surface area contributed by atoms with Crippen LogP contribution in [0.25, 0.3) is 0 Å². The first-order valence-electron chi connectivity index (χ1n) is 4.97. The number of rotatable bonds is 4. The second kappa shape index (κ2) is 5.81. The lowest BCUT2D eigenvalue weighted by Crippen LogP contribution is -2.32. The summed E-state index contributed by atoms with van der Waals surface area (Å²) in [6.45, 7) is 2.53. The summed E-state index contributed by atoms with van der Waals surface area (Å²) >= 11 is 0. The Morgan fingerprint density at radius 2 is 2.44 bits per heavy atom. The van der Waals surface area contributed by atoms with Crippen molar-refractivity contribution in [3.8, 4) is 6.07 Å². The minimum Gasteiger partial charge on any atom is -0.338 e. The van der Waals surface area contributed by atoms with Gasteiger partial charge in [0.15, 0.2) is 0 Å². The molecule has 0 unspecified atom stereocenters. The monoisotopic (exact) mass is 221 g/mol. The highest BCUT2D eigenvalue weighted by molar-refractivity contribution is 5.94. The molecule has 0 atom stereocenters. The summed E-state index contributed by atoms with van der Waals surface area (Å²) in [4.78, 5) is 16.7. The lowest BCUT2D eigenvalue weighted by molar-refractivity contribution is 0.0762. The van der Waals surface area contributed by atoms with Crippen LogP contribution in [0.5, 0.6) is 0 Å². The van der Waals surface area contributed by atoms with Gasteiger partial charge in [0.1, 0.15) is 0 Å². The fourth-order valence-electron chi connectivity index (χ4n) is 1.30. The van der Waals surface area contributed by atoms with Crippen molar-refractivity contribution in [1.29, 1.82) is 5.26 Å². The molecule has 1 rings (SSSR count). The van der Waals surface area contributed by atoms with Crippen LogP contribution in [0.15, 0.2) is 18.3 Å². The first-order valence-corrected chi connectivity index (χ1v) is 4.97. The second-order valence-corrected chi connectivity index (χ2v) is 3.13. The van der Waals surface area contributed by atoms with E-state index in [-0.39, 0.29) is 12.0 Å². The molecule has 1 aromatic rings. The molecule has 0 N–H and O–H groups in total. The van der Waals surface area contributed by atoms with Crippen LogP contribution >= 0.6 is 0 Å². The standard InChI is InChI=1S/C11H12FN3O/c1-2-15(8-4-6-13)11(16)9-5-3-7-14-10(9)12/h3,5,7H,2,4,8H2,1H3. The average Bonchev–Trinajstić information content (AvgIpc) is 2.30. The average molecular weight is 221 g/mol. The van der Waals surface area contributed by atoms with E-state index < -0.39 is 11.9 Å². The van der Waals surface area contributed by atoms with Crippen molar-refractivity contribution in [2.45, 2.75) is 13.3 Å². The molecule has 0 bridgehead atoms. The molecular weight excluding hydrogens is 209 g/mol. The number of halogens is 1. The van der Waals surface area contributed by atoms with E-state index in [2.05, 4.69) is 4.98 Å². The van der Waals surface area contributed by atoms with Gasteiger partial charge < -0.3 is 4.90 Å². The summed E-state index contributed by atoms with van der Waals surface area (Å²) in [5.74, 6) is -1.20. The van der Waals surface area contributed by atoms with E-state index in [4.69, 9.17) is 5.26 Å². The molecule has 0 aliphatic carbocycles. The van der Waals surface area contributed by atoms with E-state index >= 15 is 0 Å². The van der Waals surface area contributed by atoms with Gasteiger partial charge in [-0.1, -0.05) is 0 Å². The zero-order chi connectivity index (χ0) is 12.0. The van der Waals surface area contributed by atoms with Gasteiger partial charge in [-0.15, -0.1) is 0 Å². The largest absolute Gasteiger partial charge is 0.338 e. The van der Waals surface area contributed by atoms with Gasteiger partial charge in [-0.25, -0.2) is 4.98 Å². The van der Waals surface area contributed by atoms with Gasteiger partial charge in [0.25, 0.3) is 5.91 Å². The van der Waals surface area contributed by atoms with Gasteiger partial charge in [-0.05, 0) is 19.1 Å². The van der Waals surface area contributed by atoms with Crippen LogP contribution in [0.1, 0.15) is 23.7 Å². The molecule has 5 heteroatoms. The van der Waals surface area contributed by atoms with Crippen molar-refractivity contribution >= 4 is 5.91 Å². The van der Waals surface area contributed by atoms with Crippen LogP contribution in [-0.2, 0) is 0 Å². The molecule has 0 aromatic carbocycles. The quantitative estimate of drug-likeness (QED) is 0.725. The molecule has 1 aromatic heterocycles. The SMILES string of the molecule is CCN(CCC#N)C(=O)c1cccnc1F. The summed E-state index contributed by atoms with van der Waals surface area (Å²) in [5.41, 5.74) is -0.0534. The fraction of sp³-hybridized carbons (Fsp3) is 0.364. The van der Waals surface area contributed by atoms with E-state index in [1.54, 1.807) is 6.92 Å². The fourth-order valence-corrected chi connectivity index (χ4v) is 1.30. The first-order chi connectivity index (χ1) is 7.70. The van der Waals surface area contributed by atoms with Crippen LogP contribution in [0, 0.1) is 17.3 Å². The highest BCUT2D eigenvalue weighted by Crippen LogP contribution is 2.07. The van der Waals surface area contributed by atoms with Gasteiger partial charge in [-0.3, -0.25) is 4.79 Å². The van der Waals surface area contributed by atoms with Gasteiger partial charge >= 0.3 is 0 Å². The van der Waals surface area contributed by atoms with Crippen molar-refractivity contribution in [2.75, 3.05) is 13.1 Å². The Balaban J connectivity index is 2.84. The molecule has 0 spiro atoms. The van der Waals surface area contributed by atoms with Crippen LogP contribution in [0.4, 0.5) is 4.39 Å². The third-order valence-corrected chi connectivity index (χ3v) is 2.15. The molecule has 0 fully saturated rings. The Hall–Kier alpha value is -1.96. The Bertz CT molecular complexity index is 414. The van der Waals surface area contributed by atoms with E-state index in [9.17, 15) is 9.18 Å². The molecule has 1 heterocycles. The summed E-state index contributed by atoms with van der Waals surface area (Å²) in [7, 11) is 0. The van der Waals surface area contributed by atoms with Gasteiger partial charge in [0.05, 0.1) is 18.1 Å². The number of pyridine rings is 1. The summed E-state index contributed by atoms with van der Waals surface area (Å²) in [6.07, 6.45) is 1.53. The molecule has 0 radical (unpaired) electrons. The van der Waals surface area contributed by atoms with Crippen LogP contribution in [0.3, 0.4) is 0 Å². The Kier molecular flexibility index (Phi) is 4.40. The highest BCUT2D eigenvalue weighted by Gasteiger charge is 2.17. The maximum Gasteiger partial charge on any atom is 0.258 e. The van der Waals surface area contributed by atoms with E-state index in [0.717, 1.165) is 0 Å². The minimum absolute atomic E-state index is 0.0534. The lowest BCUT2D eigenvalue weighted by atomic mass is 10.2. The zero-order valence-electron chi connectivity index (χ0n) is 8.98. The maximum atomic E-state index is 13.2. The third kappa shape index (κ3) is 2.76. The molecule has 4 nitrogen and oxygen atoms in total. The molecule has 1 amide bonds. The normalized spacial score (nSPS) is 9.56. The van der Waals surface area contributed by atoms with Gasteiger partial charge in [-0.2, -0.15) is 9.65 Å². The number of amides is 1. The van der Waals surface area contributed by atoms with E-state index in [0.29, 0.717) is 13.1 Å². The minimum atomic E-state index is -0.775. The molecule has 0 aliphatic rings. The lowest BCUT2D eigenvalue weighted by Gasteiger charge is -2.19. The van der Waals surface area contributed by atoms with Gasteiger partial charge in [0, 0.05) is 19.3 Å². The smallest absolute Gasteiger partial charge is 0.258 e. The van der Waals surface area contributed by atoms with Crippen LogP contribution < -0.4 is 0 Å². The summed E-state index contributed by atoms with van der Waals surface area (Å²) in [6, 6.07) is 4.85. The van der Waals surface area contributed by atoms with Gasteiger partial charge in [0.2, 0.25) is 5.95 Å². The predicted molar refractivity (Wildman–Crippen MR) is 56.0 cm³/mol. The number of nitrogens with zero attached hydrogens (tertiary/aromatic N) is 3. The maximum absolute atomic E-state index is 13.2. The second-order valence-electron chi connectivity index (χ2n) is 3.13. The molecule has 0 aliphatic heterocycles. The Labute approximate surface area is 93.3 Å². The molecule has 16 heavy (non-hydrogen) atoms. The van der Waals surface area contributed by atoms with Crippen LogP contribution in [-0.4, -0.2) is 28.9 Å². The summed E-state index contributed by atoms with van der Waals surface area (Å²) < 4.78 is 13.2. The third-order valence-electron chi connectivity index (χ3n) is 2.15. The Morgan fingerprint density at radius 3 is 3.00 bits per heavy atom. The van der Waals surface area contributed by atoms with E-state index in [1.165, 1.54) is 23.2 Å².